The molecule has 1 aliphatic heterocycles. The summed E-state index contributed by atoms with van der Waals surface area (Å²) in [6.07, 6.45) is 0. The van der Waals surface area contributed by atoms with E-state index in [0.29, 0.717) is 0 Å². The van der Waals surface area contributed by atoms with Gasteiger partial charge in [-0.2, -0.15) is 0 Å². The molecular weight excluding hydrogens is 240 g/mol. The van der Waals surface area contributed by atoms with E-state index in [-0.39, 0.29) is 6.54 Å². The molecule has 0 saturated carbocycles. The number of hydrogen-bond acceptors (Lipinski definition) is 3. The van der Waals surface area contributed by atoms with Crippen LogP contribution in [0.3, 0.4) is 0 Å². The van der Waals surface area contributed by atoms with Crippen molar-refractivity contribution in [1.82, 2.24) is 10.2 Å². The Morgan fingerprint density at radius 3 is 2.46 bits per heavy atom. The van der Waals surface area contributed by atoms with E-state index in [1.807, 2.05) is 0 Å². The maximum absolute atomic E-state index is 11.5. The predicted octanol–water partition coefficient (Wildman–Crippen LogP) is 0.238. The quantitative estimate of drug-likeness (QED) is 0.534. The van der Waals surface area contributed by atoms with Crippen molar-refractivity contribution in [3.05, 3.63) is 0 Å². The van der Waals surface area contributed by atoms with Gasteiger partial charge in [0.2, 0.25) is 0 Å². The SMILES string of the molecule is CCN1C(=O)NC(=O)C(C)(Br)C1=O. The van der Waals surface area contributed by atoms with Gasteiger partial charge in [-0.25, -0.2) is 4.79 Å². The molecule has 1 heterocycles. The molecule has 1 unspecified atom stereocenters. The third-order valence-corrected chi connectivity index (χ3v) is 2.55. The number of urea groups is 1. The molecule has 0 aromatic rings. The van der Waals surface area contributed by atoms with E-state index in [4.69, 9.17) is 0 Å². The molecule has 0 aromatic carbocycles. The van der Waals surface area contributed by atoms with Gasteiger partial charge in [0, 0.05) is 6.54 Å². The highest BCUT2D eigenvalue weighted by Crippen LogP contribution is 2.24. The van der Waals surface area contributed by atoms with Crippen LogP contribution in [0.5, 0.6) is 0 Å². The third kappa shape index (κ3) is 1.46. The first-order chi connectivity index (χ1) is 5.91. The summed E-state index contributed by atoms with van der Waals surface area (Å²) in [5, 5.41) is 2.08. The van der Waals surface area contributed by atoms with Crippen LogP contribution in [0.1, 0.15) is 13.8 Å². The van der Waals surface area contributed by atoms with Crippen molar-refractivity contribution in [2.24, 2.45) is 0 Å². The van der Waals surface area contributed by atoms with Crippen molar-refractivity contribution in [2.45, 2.75) is 18.2 Å². The molecule has 4 amide bonds. The smallest absolute Gasteiger partial charge is 0.276 e. The molecule has 1 saturated heterocycles. The van der Waals surface area contributed by atoms with Crippen molar-refractivity contribution in [2.75, 3.05) is 6.54 Å². The third-order valence-electron chi connectivity index (χ3n) is 1.86. The van der Waals surface area contributed by atoms with E-state index in [0.717, 1.165) is 4.90 Å². The highest BCUT2D eigenvalue weighted by molar-refractivity contribution is 9.10. The summed E-state index contributed by atoms with van der Waals surface area (Å²) in [6.45, 7) is 3.33. The molecule has 13 heavy (non-hydrogen) atoms. The summed E-state index contributed by atoms with van der Waals surface area (Å²) in [4.78, 5) is 34.7. The number of carbonyl (C=O) groups is 3. The first-order valence-corrected chi connectivity index (χ1v) is 4.56. The van der Waals surface area contributed by atoms with Crippen LogP contribution in [-0.4, -0.2) is 33.6 Å². The summed E-state index contributed by atoms with van der Waals surface area (Å²) in [6, 6.07) is -0.658. The van der Waals surface area contributed by atoms with E-state index in [2.05, 4.69) is 21.2 Å². The summed E-state index contributed by atoms with van der Waals surface area (Å²) in [7, 11) is 0. The number of carbonyl (C=O) groups excluding carboxylic acids is 3. The molecule has 0 spiro atoms. The molecule has 5 nitrogen and oxygen atoms in total. The first-order valence-electron chi connectivity index (χ1n) is 3.77. The Labute approximate surface area is 83.6 Å². The lowest BCUT2D eigenvalue weighted by Gasteiger charge is -2.32. The van der Waals surface area contributed by atoms with E-state index in [9.17, 15) is 14.4 Å². The maximum atomic E-state index is 11.5. The minimum atomic E-state index is -1.32. The Morgan fingerprint density at radius 2 is 2.00 bits per heavy atom. The molecule has 1 aliphatic rings. The Balaban J connectivity index is 3.02. The van der Waals surface area contributed by atoms with Crippen molar-refractivity contribution < 1.29 is 14.4 Å². The van der Waals surface area contributed by atoms with Crippen LogP contribution < -0.4 is 5.32 Å². The lowest BCUT2D eigenvalue weighted by molar-refractivity contribution is -0.139. The number of imide groups is 2. The van der Waals surface area contributed by atoms with Crippen molar-refractivity contribution in [3.8, 4) is 0 Å². The number of amides is 4. The average molecular weight is 249 g/mol. The molecule has 72 valence electrons. The van der Waals surface area contributed by atoms with Gasteiger partial charge in [0.15, 0.2) is 4.32 Å². The van der Waals surface area contributed by atoms with Gasteiger partial charge < -0.3 is 0 Å². The van der Waals surface area contributed by atoms with Crippen LogP contribution in [0.25, 0.3) is 0 Å². The van der Waals surface area contributed by atoms with Gasteiger partial charge in [-0.3, -0.25) is 19.8 Å². The maximum Gasteiger partial charge on any atom is 0.330 e. The van der Waals surface area contributed by atoms with E-state index >= 15 is 0 Å². The van der Waals surface area contributed by atoms with Crippen LogP contribution in [0.15, 0.2) is 0 Å². The summed E-state index contributed by atoms with van der Waals surface area (Å²) in [5.74, 6) is -1.14. The Kier molecular flexibility index (Phi) is 2.42. The number of barbiturate groups is 1. The summed E-state index contributed by atoms with van der Waals surface area (Å²) < 4.78 is -1.32. The van der Waals surface area contributed by atoms with Gasteiger partial charge in [0.25, 0.3) is 11.8 Å². The molecular formula is C7H9BrN2O3. The van der Waals surface area contributed by atoms with Crippen molar-refractivity contribution in [1.29, 1.82) is 0 Å². The number of halogens is 1. The lowest BCUT2D eigenvalue weighted by atomic mass is 10.1. The minimum absolute atomic E-state index is 0.249. The second kappa shape index (κ2) is 3.10. The van der Waals surface area contributed by atoms with Crippen LogP contribution in [-0.2, 0) is 9.59 Å². The highest BCUT2D eigenvalue weighted by Gasteiger charge is 2.48. The highest BCUT2D eigenvalue weighted by atomic mass is 79.9. The monoisotopic (exact) mass is 248 g/mol. The largest absolute Gasteiger partial charge is 0.330 e. The molecule has 1 rings (SSSR count). The predicted molar refractivity (Wildman–Crippen MR) is 48.3 cm³/mol. The number of nitrogens with zero attached hydrogens (tertiary/aromatic N) is 1. The number of rotatable bonds is 1. The molecule has 1 atom stereocenters. The first kappa shape index (κ1) is 10.2. The topological polar surface area (TPSA) is 66.5 Å². The molecule has 1 N–H and O–H groups in total. The zero-order chi connectivity index (χ0) is 10.2. The molecule has 0 aliphatic carbocycles. The molecule has 0 bridgehead atoms. The van der Waals surface area contributed by atoms with Gasteiger partial charge in [-0.15, -0.1) is 0 Å². The number of hydrogen-bond donors (Lipinski definition) is 1. The van der Waals surface area contributed by atoms with E-state index < -0.39 is 22.2 Å². The fraction of sp³-hybridized carbons (Fsp3) is 0.571. The van der Waals surface area contributed by atoms with Gasteiger partial charge in [-0.1, -0.05) is 15.9 Å². The summed E-state index contributed by atoms with van der Waals surface area (Å²) >= 11 is 2.98. The van der Waals surface area contributed by atoms with E-state index in [1.165, 1.54) is 6.92 Å². The second-order valence-electron chi connectivity index (χ2n) is 2.81. The van der Waals surface area contributed by atoms with Gasteiger partial charge in [0.1, 0.15) is 0 Å². The van der Waals surface area contributed by atoms with Crippen molar-refractivity contribution >= 4 is 33.8 Å². The Hall–Kier alpha value is -0.910. The zero-order valence-corrected chi connectivity index (χ0v) is 8.84. The molecule has 0 radical (unpaired) electrons. The lowest BCUT2D eigenvalue weighted by Crippen LogP contribution is -2.63. The normalized spacial score (nSPS) is 29.2. The summed E-state index contributed by atoms with van der Waals surface area (Å²) in [5.41, 5.74) is 0. The fourth-order valence-corrected chi connectivity index (χ4v) is 1.33. The molecule has 0 aromatic heterocycles. The second-order valence-corrected chi connectivity index (χ2v) is 4.40. The van der Waals surface area contributed by atoms with Crippen LogP contribution >= 0.6 is 15.9 Å². The van der Waals surface area contributed by atoms with Gasteiger partial charge in [-0.05, 0) is 13.8 Å². The number of alkyl halides is 1. The number of nitrogens with one attached hydrogen (secondary N) is 1. The Morgan fingerprint density at radius 1 is 1.46 bits per heavy atom. The van der Waals surface area contributed by atoms with Crippen LogP contribution in [0.2, 0.25) is 0 Å². The van der Waals surface area contributed by atoms with Gasteiger partial charge in [0.05, 0.1) is 0 Å². The molecule has 6 heteroatoms. The standard InChI is InChI=1S/C7H9BrN2O3/c1-3-10-5(12)7(2,8)4(11)9-6(10)13/h3H2,1-2H3,(H,9,11,13). The average Bonchev–Trinajstić information content (AvgIpc) is 2.03. The van der Waals surface area contributed by atoms with E-state index in [1.54, 1.807) is 6.92 Å². The van der Waals surface area contributed by atoms with Crippen LogP contribution in [0.4, 0.5) is 4.79 Å². The molecule has 1 fully saturated rings. The Bertz CT molecular complexity index is 287. The van der Waals surface area contributed by atoms with Gasteiger partial charge >= 0.3 is 6.03 Å². The van der Waals surface area contributed by atoms with Crippen LogP contribution in [0, 0.1) is 0 Å². The van der Waals surface area contributed by atoms with Crippen molar-refractivity contribution in [3.63, 3.8) is 0 Å². The zero-order valence-electron chi connectivity index (χ0n) is 7.26. The minimum Gasteiger partial charge on any atom is -0.276 e. The fourth-order valence-electron chi connectivity index (χ4n) is 1.01.